The first-order valence-corrected chi connectivity index (χ1v) is 10.3. The van der Waals surface area contributed by atoms with E-state index in [1.807, 2.05) is 11.9 Å². The molecule has 1 aliphatic carbocycles. The molecule has 3 atom stereocenters. The summed E-state index contributed by atoms with van der Waals surface area (Å²) in [6.45, 7) is -0.170. The summed E-state index contributed by atoms with van der Waals surface area (Å²) in [7, 11) is 1.91. The molecule has 1 aromatic heterocycles. The van der Waals surface area contributed by atoms with Crippen molar-refractivity contribution in [3.63, 3.8) is 0 Å². The van der Waals surface area contributed by atoms with Gasteiger partial charge in [-0.25, -0.2) is 8.78 Å². The van der Waals surface area contributed by atoms with Crippen LogP contribution in [-0.4, -0.2) is 52.2 Å². The Kier molecular flexibility index (Phi) is 6.07. The van der Waals surface area contributed by atoms with Crippen molar-refractivity contribution >= 4 is 12.2 Å². The number of nitrogens with zero attached hydrogens (tertiary/aromatic N) is 2. The second-order valence-electron chi connectivity index (χ2n) is 8.14. The lowest BCUT2D eigenvalue weighted by atomic mass is 10.1. The third-order valence-corrected chi connectivity index (χ3v) is 6.20. The molecule has 1 saturated carbocycles. The molecule has 4 rings (SSSR count). The number of carbonyl (C=O) groups excluding carboxylic acids is 2. The van der Waals surface area contributed by atoms with Gasteiger partial charge in [-0.2, -0.15) is 0 Å². The Bertz CT molecular complexity index is 1120. The van der Waals surface area contributed by atoms with Crippen molar-refractivity contribution in [1.29, 1.82) is 0 Å². The SMILES string of the molecule is CN1C(Cn2cc(C(=O)NCc3ccc(F)cc3F)c(=O)c(O)c2C=O)OC2CC[C@H]1C2. The number of likely N-dealkylation sites (N-methyl/N-ethyl adjacent to an activating group) is 1. The van der Waals surface area contributed by atoms with Gasteiger partial charge in [-0.1, -0.05) is 6.07 Å². The quantitative estimate of drug-likeness (QED) is 0.655. The van der Waals surface area contributed by atoms with Gasteiger partial charge < -0.3 is 19.7 Å². The molecule has 2 N–H and O–H groups in total. The number of fused-ring (bicyclic) bond motifs is 2. The number of carbonyl (C=O) groups is 2. The third-order valence-electron chi connectivity index (χ3n) is 6.20. The Morgan fingerprint density at radius 3 is 2.84 bits per heavy atom. The third kappa shape index (κ3) is 4.15. The number of aromatic nitrogens is 1. The number of amides is 1. The topological polar surface area (TPSA) is 101 Å². The lowest BCUT2D eigenvalue weighted by Gasteiger charge is -2.38. The molecule has 2 aromatic rings. The van der Waals surface area contributed by atoms with E-state index in [1.54, 1.807) is 0 Å². The van der Waals surface area contributed by atoms with Gasteiger partial charge in [0.05, 0.1) is 12.6 Å². The van der Waals surface area contributed by atoms with E-state index in [0.29, 0.717) is 18.4 Å². The number of aldehydes is 1. The average molecular weight is 447 g/mol. The number of rotatable bonds is 6. The summed E-state index contributed by atoms with van der Waals surface area (Å²) in [5.41, 5.74) is -1.65. The van der Waals surface area contributed by atoms with Crippen LogP contribution in [0.15, 0.2) is 29.2 Å². The summed E-state index contributed by atoms with van der Waals surface area (Å²) in [5.74, 6) is -3.30. The number of halogens is 2. The number of hydrogen-bond donors (Lipinski definition) is 2. The highest BCUT2D eigenvalue weighted by Gasteiger charge is 2.39. The Morgan fingerprint density at radius 2 is 2.12 bits per heavy atom. The Labute approximate surface area is 182 Å². The molecule has 2 heterocycles. The molecule has 1 saturated heterocycles. The predicted molar refractivity (Wildman–Crippen MR) is 109 cm³/mol. The van der Waals surface area contributed by atoms with Crippen LogP contribution in [0.25, 0.3) is 0 Å². The van der Waals surface area contributed by atoms with E-state index >= 15 is 0 Å². The summed E-state index contributed by atoms with van der Waals surface area (Å²) in [5, 5.41) is 12.7. The molecule has 32 heavy (non-hydrogen) atoms. The predicted octanol–water partition coefficient (Wildman–Crippen LogP) is 1.78. The highest BCUT2D eigenvalue weighted by Crippen LogP contribution is 2.34. The highest BCUT2D eigenvalue weighted by molar-refractivity contribution is 5.95. The van der Waals surface area contributed by atoms with Crippen LogP contribution in [-0.2, 0) is 17.8 Å². The van der Waals surface area contributed by atoms with Crippen LogP contribution in [0.1, 0.15) is 45.7 Å². The van der Waals surface area contributed by atoms with Crippen LogP contribution in [0.4, 0.5) is 8.78 Å². The standard InChI is InChI=1S/C22H23F2N3O5/c1-26-14-4-5-15(7-14)32-19(26)10-27-9-16(20(29)21(30)18(27)11-28)22(31)25-8-12-2-3-13(23)6-17(12)24/h2-3,6,9,11,14-15,19,30H,4-5,7-8,10H2,1H3,(H,25,31)/t14-,15?,19?/m0/s1. The van der Waals surface area contributed by atoms with Crippen molar-refractivity contribution < 1.29 is 28.2 Å². The summed E-state index contributed by atoms with van der Waals surface area (Å²) >= 11 is 0. The van der Waals surface area contributed by atoms with E-state index in [0.717, 1.165) is 25.3 Å². The summed E-state index contributed by atoms with van der Waals surface area (Å²) in [4.78, 5) is 38.7. The minimum atomic E-state index is -1.02. The highest BCUT2D eigenvalue weighted by atomic mass is 19.1. The average Bonchev–Trinajstić information content (AvgIpc) is 3.17. The van der Waals surface area contributed by atoms with E-state index in [-0.39, 0.29) is 30.5 Å². The Balaban J connectivity index is 1.58. The van der Waals surface area contributed by atoms with Gasteiger partial charge in [-0.15, -0.1) is 0 Å². The van der Waals surface area contributed by atoms with Gasteiger partial charge in [0.25, 0.3) is 5.91 Å². The molecule has 8 nitrogen and oxygen atoms in total. The van der Waals surface area contributed by atoms with Crippen LogP contribution in [0.2, 0.25) is 0 Å². The van der Waals surface area contributed by atoms with Gasteiger partial charge in [-0.05, 0) is 32.4 Å². The largest absolute Gasteiger partial charge is 0.503 e. The molecule has 2 unspecified atom stereocenters. The Hall–Kier alpha value is -3.11. The number of nitrogens with one attached hydrogen (secondary N) is 1. The monoisotopic (exact) mass is 447 g/mol. The molecule has 170 valence electrons. The maximum atomic E-state index is 13.8. The molecular weight excluding hydrogens is 424 g/mol. The van der Waals surface area contributed by atoms with Crippen LogP contribution >= 0.6 is 0 Å². The first kappa shape index (κ1) is 22.1. The molecule has 1 aromatic carbocycles. The maximum absolute atomic E-state index is 13.8. The van der Waals surface area contributed by atoms with Crippen LogP contribution in [0.5, 0.6) is 5.75 Å². The van der Waals surface area contributed by atoms with Crippen molar-refractivity contribution in [2.75, 3.05) is 7.05 Å². The summed E-state index contributed by atoms with van der Waals surface area (Å²) in [6, 6.07) is 3.27. The zero-order valence-electron chi connectivity index (χ0n) is 17.4. The van der Waals surface area contributed by atoms with E-state index < -0.39 is 40.5 Å². The smallest absolute Gasteiger partial charge is 0.257 e. The number of ether oxygens (including phenoxy) is 1. The lowest BCUT2D eigenvalue weighted by Crippen LogP contribution is -2.48. The number of benzene rings is 1. The van der Waals surface area contributed by atoms with Gasteiger partial charge in [-0.3, -0.25) is 19.3 Å². The normalized spacial score (nSPS) is 22.7. The molecule has 2 bridgehead atoms. The van der Waals surface area contributed by atoms with E-state index in [4.69, 9.17) is 4.74 Å². The van der Waals surface area contributed by atoms with Gasteiger partial charge in [0.15, 0.2) is 12.0 Å². The molecule has 10 heteroatoms. The van der Waals surface area contributed by atoms with E-state index in [1.165, 1.54) is 16.8 Å². The lowest BCUT2D eigenvalue weighted by molar-refractivity contribution is -0.134. The molecule has 0 radical (unpaired) electrons. The van der Waals surface area contributed by atoms with Gasteiger partial charge in [0.2, 0.25) is 5.43 Å². The maximum Gasteiger partial charge on any atom is 0.257 e. The van der Waals surface area contributed by atoms with Gasteiger partial charge in [0.1, 0.15) is 29.1 Å². The molecule has 0 spiro atoms. The Morgan fingerprint density at radius 1 is 1.34 bits per heavy atom. The first-order valence-electron chi connectivity index (χ1n) is 10.3. The van der Waals surface area contributed by atoms with Crippen LogP contribution in [0.3, 0.4) is 0 Å². The second-order valence-corrected chi connectivity index (χ2v) is 8.14. The fourth-order valence-electron chi connectivity index (χ4n) is 4.34. The fourth-order valence-corrected chi connectivity index (χ4v) is 4.34. The zero-order chi connectivity index (χ0) is 23.0. The molecule has 1 amide bonds. The van der Waals surface area contributed by atoms with Crippen molar-refractivity contribution in [3.8, 4) is 5.75 Å². The van der Waals surface area contributed by atoms with Crippen LogP contribution in [0, 0.1) is 11.6 Å². The zero-order valence-corrected chi connectivity index (χ0v) is 17.4. The minimum absolute atomic E-state index is 0.0292. The number of pyridine rings is 1. The summed E-state index contributed by atoms with van der Waals surface area (Å²) in [6.07, 6.45) is 4.13. The van der Waals surface area contributed by atoms with Crippen molar-refractivity contribution in [3.05, 3.63) is 63.1 Å². The van der Waals surface area contributed by atoms with E-state index in [2.05, 4.69) is 5.32 Å². The molecule has 2 fully saturated rings. The first-order chi connectivity index (χ1) is 15.3. The molecular formula is C22H23F2N3O5. The van der Waals surface area contributed by atoms with Crippen molar-refractivity contribution in [1.82, 2.24) is 14.8 Å². The van der Waals surface area contributed by atoms with Crippen LogP contribution < -0.4 is 10.7 Å². The molecule has 2 aliphatic rings. The second kappa shape index (κ2) is 8.79. The van der Waals surface area contributed by atoms with Crippen molar-refractivity contribution in [2.45, 2.75) is 50.7 Å². The molecule has 1 aliphatic heterocycles. The number of aromatic hydroxyl groups is 1. The van der Waals surface area contributed by atoms with E-state index in [9.17, 15) is 28.3 Å². The summed E-state index contributed by atoms with van der Waals surface area (Å²) < 4.78 is 34.2. The van der Waals surface area contributed by atoms with Gasteiger partial charge >= 0.3 is 0 Å². The minimum Gasteiger partial charge on any atom is -0.503 e. The van der Waals surface area contributed by atoms with Crippen molar-refractivity contribution in [2.24, 2.45) is 0 Å². The fraction of sp³-hybridized carbons (Fsp3) is 0.409. The number of hydrogen-bond acceptors (Lipinski definition) is 6. The van der Waals surface area contributed by atoms with Gasteiger partial charge in [0, 0.05) is 30.4 Å².